The molecule has 0 aromatic heterocycles. The summed E-state index contributed by atoms with van der Waals surface area (Å²) in [7, 11) is 0. The van der Waals surface area contributed by atoms with Crippen molar-refractivity contribution in [3.8, 4) is 0 Å². The molecule has 0 aliphatic rings. The number of non-ortho nitro benzene ring substituents is 1. The van der Waals surface area contributed by atoms with Crippen LogP contribution in [0.15, 0.2) is 48.5 Å². The molecule has 0 fully saturated rings. The standard InChI is InChI=1S/C16H18N2O2/c1-2-14-5-3-4-6-16(14)17-12-11-13-7-9-15(10-8-13)18(19)20/h3-10,17H,2,11-12H2,1H3. The highest BCUT2D eigenvalue weighted by molar-refractivity contribution is 5.51. The van der Waals surface area contributed by atoms with Gasteiger partial charge in [0.2, 0.25) is 0 Å². The molecule has 0 bridgehead atoms. The normalized spacial score (nSPS) is 10.2. The maximum absolute atomic E-state index is 10.6. The van der Waals surface area contributed by atoms with Crippen molar-refractivity contribution in [2.75, 3.05) is 11.9 Å². The van der Waals surface area contributed by atoms with Gasteiger partial charge in [-0.2, -0.15) is 0 Å². The SMILES string of the molecule is CCc1ccccc1NCCc1ccc([N+](=O)[O-])cc1. The Labute approximate surface area is 118 Å². The van der Waals surface area contributed by atoms with Crippen molar-refractivity contribution in [3.05, 3.63) is 69.8 Å². The van der Waals surface area contributed by atoms with Gasteiger partial charge in [0.05, 0.1) is 4.92 Å². The zero-order valence-electron chi connectivity index (χ0n) is 11.5. The Morgan fingerprint density at radius 2 is 1.80 bits per heavy atom. The Morgan fingerprint density at radius 1 is 1.10 bits per heavy atom. The quantitative estimate of drug-likeness (QED) is 0.641. The topological polar surface area (TPSA) is 55.2 Å². The lowest BCUT2D eigenvalue weighted by Crippen LogP contribution is -2.06. The molecular weight excluding hydrogens is 252 g/mol. The van der Waals surface area contributed by atoms with E-state index in [0.717, 1.165) is 30.6 Å². The summed E-state index contributed by atoms with van der Waals surface area (Å²) in [6.45, 7) is 2.95. The van der Waals surface area contributed by atoms with Gasteiger partial charge in [0, 0.05) is 24.4 Å². The first-order valence-corrected chi connectivity index (χ1v) is 6.76. The van der Waals surface area contributed by atoms with Crippen molar-refractivity contribution < 1.29 is 4.92 Å². The molecular formula is C16H18N2O2. The summed E-state index contributed by atoms with van der Waals surface area (Å²) in [5.74, 6) is 0. The van der Waals surface area contributed by atoms with Crippen molar-refractivity contribution in [3.63, 3.8) is 0 Å². The third-order valence-corrected chi connectivity index (χ3v) is 3.27. The van der Waals surface area contributed by atoms with Crippen molar-refractivity contribution in [1.29, 1.82) is 0 Å². The molecule has 0 saturated carbocycles. The zero-order chi connectivity index (χ0) is 14.4. The minimum atomic E-state index is -0.375. The van der Waals surface area contributed by atoms with Crippen LogP contribution in [-0.4, -0.2) is 11.5 Å². The highest BCUT2D eigenvalue weighted by atomic mass is 16.6. The second kappa shape index (κ2) is 6.70. The lowest BCUT2D eigenvalue weighted by molar-refractivity contribution is -0.384. The van der Waals surface area contributed by atoms with Gasteiger partial charge in [-0.25, -0.2) is 0 Å². The van der Waals surface area contributed by atoms with Crippen molar-refractivity contribution in [1.82, 2.24) is 0 Å². The van der Waals surface area contributed by atoms with Crippen LogP contribution in [-0.2, 0) is 12.8 Å². The summed E-state index contributed by atoms with van der Waals surface area (Å²) >= 11 is 0. The van der Waals surface area contributed by atoms with Gasteiger partial charge in [-0.3, -0.25) is 10.1 Å². The molecule has 104 valence electrons. The molecule has 2 rings (SSSR count). The predicted molar refractivity (Wildman–Crippen MR) is 81.1 cm³/mol. The van der Waals surface area contributed by atoms with E-state index in [9.17, 15) is 10.1 Å². The van der Waals surface area contributed by atoms with Gasteiger partial charge in [0.25, 0.3) is 5.69 Å². The summed E-state index contributed by atoms with van der Waals surface area (Å²) < 4.78 is 0. The predicted octanol–water partition coefficient (Wildman–Crippen LogP) is 3.81. The van der Waals surface area contributed by atoms with E-state index in [1.807, 2.05) is 24.3 Å². The average Bonchev–Trinajstić information content (AvgIpc) is 2.48. The van der Waals surface area contributed by atoms with Crippen LogP contribution >= 0.6 is 0 Å². The monoisotopic (exact) mass is 270 g/mol. The first kappa shape index (κ1) is 14.1. The lowest BCUT2D eigenvalue weighted by Gasteiger charge is -2.10. The molecule has 0 atom stereocenters. The van der Waals surface area contributed by atoms with Crippen LogP contribution in [0.3, 0.4) is 0 Å². The molecule has 0 amide bonds. The molecule has 0 heterocycles. The number of nitrogens with one attached hydrogen (secondary N) is 1. The van der Waals surface area contributed by atoms with Gasteiger partial charge in [-0.05, 0) is 30.0 Å². The summed E-state index contributed by atoms with van der Waals surface area (Å²) in [5.41, 5.74) is 3.70. The number of para-hydroxylation sites is 1. The molecule has 1 N–H and O–H groups in total. The van der Waals surface area contributed by atoms with Crippen molar-refractivity contribution >= 4 is 11.4 Å². The first-order valence-electron chi connectivity index (χ1n) is 6.76. The minimum Gasteiger partial charge on any atom is -0.384 e. The summed E-state index contributed by atoms with van der Waals surface area (Å²) in [6, 6.07) is 15.0. The number of hydrogen-bond donors (Lipinski definition) is 1. The van der Waals surface area contributed by atoms with Crippen LogP contribution in [0, 0.1) is 10.1 Å². The van der Waals surface area contributed by atoms with E-state index in [0.29, 0.717) is 0 Å². The molecule has 0 unspecified atom stereocenters. The van der Waals surface area contributed by atoms with Crippen LogP contribution < -0.4 is 5.32 Å². The third-order valence-electron chi connectivity index (χ3n) is 3.27. The van der Waals surface area contributed by atoms with Crippen molar-refractivity contribution in [2.45, 2.75) is 19.8 Å². The van der Waals surface area contributed by atoms with Gasteiger partial charge in [0.1, 0.15) is 0 Å². The maximum Gasteiger partial charge on any atom is 0.269 e. The highest BCUT2D eigenvalue weighted by Crippen LogP contribution is 2.16. The average molecular weight is 270 g/mol. The van der Waals surface area contributed by atoms with Gasteiger partial charge < -0.3 is 5.32 Å². The molecule has 4 heteroatoms. The lowest BCUT2D eigenvalue weighted by atomic mass is 10.1. The maximum atomic E-state index is 10.6. The van der Waals surface area contributed by atoms with E-state index in [1.165, 1.54) is 5.56 Å². The first-order chi connectivity index (χ1) is 9.70. The van der Waals surface area contributed by atoms with Gasteiger partial charge in [-0.15, -0.1) is 0 Å². The van der Waals surface area contributed by atoms with Crippen LogP contribution in [0.4, 0.5) is 11.4 Å². The van der Waals surface area contributed by atoms with E-state index in [1.54, 1.807) is 12.1 Å². The fourth-order valence-corrected chi connectivity index (χ4v) is 2.13. The number of nitrogens with zero attached hydrogens (tertiary/aromatic N) is 1. The number of nitro benzene ring substituents is 1. The molecule has 2 aromatic carbocycles. The Kier molecular flexibility index (Phi) is 4.71. The number of nitro groups is 1. The van der Waals surface area contributed by atoms with Gasteiger partial charge in [-0.1, -0.05) is 37.3 Å². The molecule has 0 radical (unpaired) electrons. The van der Waals surface area contributed by atoms with E-state index >= 15 is 0 Å². The third kappa shape index (κ3) is 3.57. The molecule has 0 aliphatic heterocycles. The van der Waals surface area contributed by atoms with Gasteiger partial charge >= 0.3 is 0 Å². The van der Waals surface area contributed by atoms with Crippen LogP contribution in [0.25, 0.3) is 0 Å². The highest BCUT2D eigenvalue weighted by Gasteiger charge is 2.04. The second-order valence-corrected chi connectivity index (χ2v) is 4.61. The molecule has 2 aromatic rings. The largest absolute Gasteiger partial charge is 0.384 e. The number of rotatable bonds is 6. The number of aryl methyl sites for hydroxylation is 1. The van der Waals surface area contributed by atoms with E-state index < -0.39 is 0 Å². The Balaban J connectivity index is 1.91. The van der Waals surface area contributed by atoms with E-state index in [4.69, 9.17) is 0 Å². The molecule has 4 nitrogen and oxygen atoms in total. The van der Waals surface area contributed by atoms with Crippen LogP contribution in [0.2, 0.25) is 0 Å². The van der Waals surface area contributed by atoms with E-state index in [2.05, 4.69) is 24.4 Å². The molecule has 0 spiro atoms. The van der Waals surface area contributed by atoms with Crippen molar-refractivity contribution in [2.24, 2.45) is 0 Å². The van der Waals surface area contributed by atoms with E-state index in [-0.39, 0.29) is 10.6 Å². The summed E-state index contributed by atoms with van der Waals surface area (Å²) in [5, 5.41) is 14.0. The number of benzene rings is 2. The summed E-state index contributed by atoms with van der Waals surface area (Å²) in [4.78, 5) is 10.2. The molecule has 20 heavy (non-hydrogen) atoms. The Hall–Kier alpha value is -2.36. The Bertz CT molecular complexity index is 579. The fourth-order valence-electron chi connectivity index (χ4n) is 2.13. The smallest absolute Gasteiger partial charge is 0.269 e. The second-order valence-electron chi connectivity index (χ2n) is 4.61. The van der Waals surface area contributed by atoms with Crippen LogP contribution in [0.5, 0.6) is 0 Å². The minimum absolute atomic E-state index is 0.137. The molecule has 0 aliphatic carbocycles. The van der Waals surface area contributed by atoms with Crippen LogP contribution in [0.1, 0.15) is 18.1 Å². The Morgan fingerprint density at radius 3 is 2.45 bits per heavy atom. The number of anilines is 1. The van der Waals surface area contributed by atoms with Gasteiger partial charge in [0.15, 0.2) is 0 Å². The molecule has 0 saturated heterocycles. The summed E-state index contributed by atoms with van der Waals surface area (Å²) in [6.07, 6.45) is 1.84. The number of hydrogen-bond acceptors (Lipinski definition) is 3. The fraction of sp³-hybridized carbons (Fsp3) is 0.250. The zero-order valence-corrected chi connectivity index (χ0v) is 11.5.